The number of aliphatic hydroxyl groups is 1. The van der Waals surface area contributed by atoms with Gasteiger partial charge in [-0.1, -0.05) is 12.1 Å². The number of hydrogen-bond acceptors (Lipinski definition) is 7. The van der Waals surface area contributed by atoms with E-state index in [0.717, 1.165) is 5.56 Å². The van der Waals surface area contributed by atoms with Crippen molar-refractivity contribution in [3.05, 3.63) is 77.6 Å². The number of fused-ring (bicyclic) bond motifs is 1. The van der Waals surface area contributed by atoms with Crippen molar-refractivity contribution in [3.63, 3.8) is 0 Å². The van der Waals surface area contributed by atoms with E-state index in [1.54, 1.807) is 16.6 Å². The minimum absolute atomic E-state index is 0.131. The lowest BCUT2D eigenvalue weighted by molar-refractivity contribution is -0.119. The lowest BCUT2D eigenvalue weighted by Gasteiger charge is -2.22. The molecule has 39 heavy (non-hydrogen) atoms. The Morgan fingerprint density at radius 2 is 1.87 bits per heavy atom. The van der Waals surface area contributed by atoms with Crippen LogP contribution >= 0.6 is 0 Å². The molecule has 10 nitrogen and oxygen atoms in total. The van der Waals surface area contributed by atoms with Crippen LogP contribution in [0.25, 0.3) is 16.9 Å². The molecular formula is C28H28FN7O3. The number of halogens is 1. The van der Waals surface area contributed by atoms with Gasteiger partial charge >= 0.3 is 0 Å². The zero-order valence-electron chi connectivity index (χ0n) is 21.7. The summed E-state index contributed by atoms with van der Waals surface area (Å²) in [7, 11) is 0. The van der Waals surface area contributed by atoms with Gasteiger partial charge in [0.15, 0.2) is 0 Å². The van der Waals surface area contributed by atoms with Gasteiger partial charge in [0.25, 0.3) is 5.91 Å². The van der Waals surface area contributed by atoms with Gasteiger partial charge in [0.2, 0.25) is 5.91 Å². The first-order valence-corrected chi connectivity index (χ1v) is 12.2. The molecule has 0 saturated carbocycles. The second kappa shape index (κ2) is 11.3. The molecule has 0 fully saturated rings. The van der Waals surface area contributed by atoms with E-state index in [1.807, 2.05) is 36.4 Å². The Hall–Kier alpha value is -4.82. The van der Waals surface area contributed by atoms with Crippen LogP contribution in [0.2, 0.25) is 0 Å². The average molecular weight is 530 g/mol. The fourth-order valence-electron chi connectivity index (χ4n) is 3.75. The Morgan fingerprint density at radius 1 is 1.13 bits per heavy atom. The van der Waals surface area contributed by atoms with E-state index < -0.39 is 17.7 Å². The molecule has 3 heterocycles. The molecule has 0 radical (unpaired) electrons. The number of hydrogen-bond donors (Lipinski definition) is 4. The predicted molar refractivity (Wildman–Crippen MR) is 144 cm³/mol. The van der Waals surface area contributed by atoms with Crippen molar-refractivity contribution in [1.82, 2.24) is 25.2 Å². The molecule has 1 unspecified atom stereocenters. The van der Waals surface area contributed by atoms with Crippen molar-refractivity contribution in [2.24, 2.45) is 0 Å². The number of nitrogens with one attached hydrogen (secondary N) is 3. The van der Waals surface area contributed by atoms with Crippen molar-refractivity contribution in [3.8, 4) is 17.5 Å². The van der Waals surface area contributed by atoms with E-state index >= 15 is 0 Å². The molecule has 0 bridgehead atoms. The van der Waals surface area contributed by atoms with E-state index in [1.165, 1.54) is 33.2 Å². The van der Waals surface area contributed by atoms with Crippen molar-refractivity contribution < 1.29 is 19.1 Å². The van der Waals surface area contributed by atoms with Crippen molar-refractivity contribution in [2.45, 2.75) is 39.1 Å². The van der Waals surface area contributed by atoms with Crippen LogP contribution in [0.5, 0.6) is 0 Å². The second-order valence-corrected chi connectivity index (χ2v) is 9.59. The molecular weight excluding hydrogens is 501 g/mol. The summed E-state index contributed by atoms with van der Waals surface area (Å²) >= 11 is 0. The number of carbonyl (C=O) groups is 2. The number of aromatic nitrogens is 3. The summed E-state index contributed by atoms with van der Waals surface area (Å²) in [6, 6.07) is 16.4. The van der Waals surface area contributed by atoms with Gasteiger partial charge in [-0.15, -0.1) is 0 Å². The maximum atomic E-state index is 14.3. The number of alkyl halides is 1. The SMILES string of the molecule is CC(=O)NCc1ccc(Nc2cc(-c3ccc4cc(C#N)cnn34)ncc2C(=O)NCC(F)C(C)(C)O)cc1. The fourth-order valence-corrected chi connectivity index (χ4v) is 3.75. The maximum absolute atomic E-state index is 14.3. The third kappa shape index (κ3) is 6.55. The van der Waals surface area contributed by atoms with E-state index in [2.05, 4.69) is 32.1 Å². The monoisotopic (exact) mass is 529 g/mol. The molecule has 1 atom stereocenters. The summed E-state index contributed by atoms with van der Waals surface area (Å²) in [5, 5.41) is 31.9. The van der Waals surface area contributed by atoms with Crippen LogP contribution in [0.1, 0.15) is 42.3 Å². The summed E-state index contributed by atoms with van der Waals surface area (Å²) in [6.07, 6.45) is 1.17. The third-order valence-corrected chi connectivity index (χ3v) is 6.02. The second-order valence-electron chi connectivity index (χ2n) is 9.59. The summed E-state index contributed by atoms with van der Waals surface area (Å²) in [6.45, 7) is 4.12. The molecule has 0 spiro atoms. The molecule has 11 heteroatoms. The standard InChI is InChI=1S/C28H28FN7O3/c1-17(37)31-13-18-4-6-20(7-5-18)35-23-11-24(25-9-8-21-10-19(12-30)14-34-36(21)25)32-15-22(23)27(38)33-16-26(29)28(2,3)39/h4-11,14-15,26,39H,13,16H2,1-3H3,(H,31,37)(H,32,35)(H,33,38). The molecule has 0 aliphatic heterocycles. The zero-order valence-corrected chi connectivity index (χ0v) is 21.7. The van der Waals surface area contributed by atoms with Gasteiger partial charge in [0.1, 0.15) is 12.2 Å². The molecule has 0 saturated heterocycles. The topological polar surface area (TPSA) is 144 Å². The maximum Gasteiger partial charge on any atom is 0.255 e. The molecule has 4 rings (SSSR count). The minimum Gasteiger partial charge on any atom is -0.387 e. The lowest BCUT2D eigenvalue weighted by atomic mass is 10.0. The Kier molecular flexibility index (Phi) is 7.88. The Balaban J connectivity index is 1.67. The van der Waals surface area contributed by atoms with E-state index in [0.29, 0.717) is 40.4 Å². The van der Waals surface area contributed by atoms with Gasteiger partial charge in [0.05, 0.1) is 52.1 Å². The predicted octanol–water partition coefficient (Wildman–Crippen LogP) is 3.49. The molecule has 4 aromatic rings. The number of carbonyl (C=O) groups excluding carboxylic acids is 2. The molecule has 200 valence electrons. The van der Waals surface area contributed by atoms with Crippen molar-refractivity contribution in [1.29, 1.82) is 5.26 Å². The van der Waals surface area contributed by atoms with Gasteiger partial charge in [-0.2, -0.15) is 10.4 Å². The Labute approximate surface area is 224 Å². The van der Waals surface area contributed by atoms with Gasteiger partial charge in [-0.25, -0.2) is 8.91 Å². The molecule has 2 amide bonds. The highest BCUT2D eigenvalue weighted by Crippen LogP contribution is 2.28. The molecule has 0 aliphatic carbocycles. The van der Waals surface area contributed by atoms with Gasteiger partial charge in [-0.05, 0) is 55.8 Å². The van der Waals surface area contributed by atoms with Gasteiger partial charge < -0.3 is 21.1 Å². The highest BCUT2D eigenvalue weighted by Gasteiger charge is 2.27. The molecule has 0 aliphatic rings. The van der Waals surface area contributed by atoms with E-state index in [-0.39, 0.29) is 18.0 Å². The molecule has 3 aromatic heterocycles. The van der Waals surface area contributed by atoms with Gasteiger partial charge in [-0.3, -0.25) is 14.6 Å². The first-order valence-electron chi connectivity index (χ1n) is 12.2. The van der Waals surface area contributed by atoms with Crippen LogP contribution in [0.15, 0.2) is 60.9 Å². The zero-order chi connectivity index (χ0) is 28.2. The van der Waals surface area contributed by atoms with Crippen LogP contribution in [0, 0.1) is 11.3 Å². The summed E-state index contributed by atoms with van der Waals surface area (Å²) in [5.41, 5.74) is 2.82. The highest BCUT2D eigenvalue weighted by atomic mass is 19.1. The smallest absolute Gasteiger partial charge is 0.255 e. The van der Waals surface area contributed by atoms with Crippen LogP contribution in [-0.4, -0.2) is 49.8 Å². The number of nitriles is 1. The first-order chi connectivity index (χ1) is 18.5. The normalized spacial score (nSPS) is 12.0. The Bertz CT molecular complexity index is 1550. The molecule has 4 N–H and O–H groups in total. The Morgan fingerprint density at radius 3 is 2.54 bits per heavy atom. The third-order valence-electron chi connectivity index (χ3n) is 6.02. The summed E-state index contributed by atoms with van der Waals surface area (Å²) < 4.78 is 15.9. The van der Waals surface area contributed by atoms with Crippen molar-refractivity contribution >= 4 is 28.7 Å². The summed E-state index contributed by atoms with van der Waals surface area (Å²) in [5.74, 6) is -0.698. The van der Waals surface area contributed by atoms with Gasteiger partial charge in [0, 0.05) is 25.4 Å². The number of amides is 2. The quantitative estimate of drug-likeness (QED) is 0.260. The number of rotatable bonds is 9. The number of anilines is 2. The average Bonchev–Trinajstić information content (AvgIpc) is 3.33. The first kappa shape index (κ1) is 27.2. The largest absolute Gasteiger partial charge is 0.387 e. The fraction of sp³-hybridized carbons (Fsp3) is 0.250. The number of nitrogens with zero attached hydrogens (tertiary/aromatic N) is 4. The van der Waals surface area contributed by atoms with E-state index in [9.17, 15) is 19.1 Å². The van der Waals surface area contributed by atoms with Crippen LogP contribution < -0.4 is 16.0 Å². The molecule has 1 aromatic carbocycles. The minimum atomic E-state index is -1.67. The number of benzene rings is 1. The summed E-state index contributed by atoms with van der Waals surface area (Å²) in [4.78, 5) is 28.7. The lowest BCUT2D eigenvalue weighted by Crippen LogP contribution is -2.42. The van der Waals surface area contributed by atoms with E-state index in [4.69, 9.17) is 5.26 Å². The van der Waals surface area contributed by atoms with Crippen LogP contribution in [0.4, 0.5) is 15.8 Å². The van der Waals surface area contributed by atoms with Crippen LogP contribution in [-0.2, 0) is 11.3 Å². The number of pyridine rings is 1. The van der Waals surface area contributed by atoms with Crippen LogP contribution in [0.3, 0.4) is 0 Å². The van der Waals surface area contributed by atoms with Crippen molar-refractivity contribution in [2.75, 3.05) is 11.9 Å². The highest BCUT2D eigenvalue weighted by molar-refractivity contribution is 6.00.